The van der Waals surface area contributed by atoms with Crippen LogP contribution in [0.25, 0.3) is 143 Å². The predicted molar refractivity (Wildman–Crippen MR) is 250 cm³/mol. The molecule has 0 bridgehead atoms. The Bertz CT molecular complexity index is 3980. The molecule has 0 radical (unpaired) electrons. The summed E-state index contributed by atoms with van der Waals surface area (Å²) in [6.07, 6.45) is 0. The quantitative estimate of drug-likeness (QED) is 0.179. The fourth-order valence-corrected chi connectivity index (χ4v) is 9.96. The van der Waals surface area contributed by atoms with Gasteiger partial charge >= 0.3 is 0 Å². The second-order valence-corrected chi connectivity index (χ2v) is 16.0. The van der Waals surface area contributed by atoms with Crippen molar-refractivity contribution in [3.05, 3.63) is 182 Å². The van der Waals surface area contributed by atoms with Crippen molar-refractivity contribution in [3.8, 4) is 33.9 Å². The second-order valence-electron chi connectivity index (χ2n) is 16.0. The van der Waals surface area contributed by atoms with E-state index in [4.69, 9.17) is 23.2 Å². The number of para-hydroxylation sites is 1. The zero-order valence-corrected chi connectivity index (χ0v) is 32.4. The van der Waals surface area contributed by atoms with Gasteiger partial charge in [-0.1, -0.05) is 140 Å². The highest BCUT2D eigenvalue weighted by Crippen LogP contribution is 2.47. The van der Waals surface area contributed by atoms with Crippen molar-refractivity contribution in [1.82, 2.24) is 9.97 Å². The van der Waals surface area contributed by atoms with Crippen molar-refractivity contribution in [3.63, 3.8) is 0 Å². The van der Waals surface area contributed by atoms with E-state index in [1.54, 1.807) is 0 Å². The molecule has 0 saturated heterocycles. The molecule has 0 fully saturated rings. The lowest BCUT2D eigenvalue weighted by atomic mass is 9.94. The molecule has 4 aromatic heterocycles. The van der Waals surface area contributed by atoms with Gasteiger partial charge in [0, 0.05) is 49.0 Å². The van der Waals surface area contributed by atoms with Crippen molar-refractivity contribution in [1.29, 1.82) is 0 Å². The Morgan fingerprint density at radius 2 is 0.721 bits per heavy atom. The molecule has 0 aliphatic carbocycles. The van der Waals surface area contributed by atoms with E-state index < -0.39 is 0 Å². The highest BCUT2D eigenvalue weighted by atomic mass is 16.3. The summed E-state index contributed by atoms with van der Waals surface area (Å²) in [5, 5.41) is 15.4. The van der Waals surface area contributed by atoms with Crippen LogP contribution in [0, 0.1) is 0 Å². The summed E-state index contributed by atoms with van der Waals surface area (Å²) in [4.78, 5) is 11.0. The highest BCUT2D eigenvalue weighted by molar-refractivity contribution is 6.30. The second kappa shape index (κ2) is 12.1. The average molecular weight is 779 g/mol. The standard InChI is InChI=1S/C56H30N2O3/c1-5-16-35-31(12-1)24-26-47-50(35)52-37-18-7-3-14-33(37)28-41(54(52)60-47)43-30-44(58-56(57-43)40-21-11-23-46-49(40)39-20-9-10-22-45(39)59-46)42-29-34-15-4-8-19-38(34)53-51-36-17-6-2-13-32(36)25-27-48(51)61-55(42)53/h1-30H. The summed E-state index contributed by atoms with van der Waals surface area (Å²) in [6.45, 7) is 0. The number of hydrogen-bond donors (Lipinski definition) is 0. The van der Waals surface area contributed by atoms with Gasteiger partial charge in [-0.25, -0.2) is 9.97 Å². The summed E-state index contributed by atoms with van der Waals surface area (Å²) in [6, 6.07) is 63.5. The number of furan rings is 3. The molecular weight excluding hydrogens is 749 g/mol. The molecule has 0 aliphatic rings. The van der Waals surface area contributed by atoms with E-state index in [2.05, 4.69) is 152 Å². The van der Waals surface area contributed by atoms with Gasteiger partial charge in [-0.2, -0.15) is 0 Å². The van der Waals surface area contributed by atoms with E-state index in [0.717, 1.165) is 137 Å². The zero-order chi connectivity index (χ0) is 39.8. The summed E-state index contributed by atoms with van der Waals surface area (Å²) < 4.78 is 20.4. The van der Waals surface area contributed by atoms with Gasteiger partial charge in [-0.05, 0) is 85.6 Å². The topological polar surface area (TPSA) is 65.2 Å². The summed E-state index contributed by atoms with van der Waals surface area (Å²) in [7, 11) is 0. The van der Waals surface area contributed by atoms with Gasteiger partial charge in [0.15, 0.2) is 5.82 Å². The van der Waals surface area contributed by atoms with E-state index >= 15 is 0 Å². The molecule has 4 heterocycles. The van der Waals surface area contributed by atoms with Crippen LogP contribution >= 0.6 is 0 Å². The van der Waals surface area contributed by atoms with Crippen LogP contribution in [0.3, 0.4) is 0 Å². The Kier molecular flexibility index (Phi) is 6.49. The molecule has 0 atom stereocenters. The number of fused-ring (bicyclic) bond motifs is 17. The van der Waals surface area contributed by atoms with Crippen LogP contribution in [0.4, 0.5) is 0 Å². The van der Waals surface area contributed by atoms with Crippen LogP contribution in [-0.4, -0.2) is 9.97 Å². The highest BCUT2D eigenvalue weighted by Gasteiger charge is 2.24. The fourth-order valence-electron chi connectivity index (χ4n) is 9.96. The van der Waals surface area contributed by atoms with Crippen molar-refractivity contribution in [2.45, 2.75) is 0 Å². The number of nitrogens with zero attached hydrogens (tertiary/aromatic N) is 2. The van der Waals surface area contributed by atoms with E-state index in [9.17, 15) is 0 Å². The number of benzene rings is 10. The van der Waals surface area contributed by atoms with E-state index in [0.29, 0.717) is 5.82 Å². The minimum Gasteiger partial charge on any atom is -0.456 e. The van der Waals surface area contributed by atoms with Crippen LogP contribution in [0.15, 0.2) is 195 Å². The van der Waals surface area contributed by atoms with Gasteiger partial charge < -0.3 is 13.3 Å². The SMILES string of the molecule is c1ccc2c(c1)ccc1oc3c(-c4cc(-c5cc6ccccc6c6c5oc5ccc7ccccc7c56)nc(-c5cccc6oc7ccccc7c56)n4)cc4ccccc4c3c12. The molecule has 0 amide bonds. The molecule has 5 heteroatoms. The molecule has 10 aromatic carbocycles. The van der Waals surface area contributed by atoms with Gasteiger partial charge in [0.2, 0.25) is 0 Å². The Balaban J connectivity index is 1.14. The normalized spacial score (nSPS) is 12.3. The molecular formula is C56H30N2O3. The van der Waals surface area contributed by atoms with Crippen molar-refractivity contribution in [2.24, 2.45) is 0 Å². The summed E-state index contributed by atoms with van der Waals surface area (Å²) in [5.74, 6) is 0.579. The maximum Gasteiger partial charge on any atom is 0.161 e. The Morgan fingerprint density at radius 3 is 1.28 bits per heavy atom. The predicted octanol–water partition coefficient (Wildman–Crippen LogP) is 15.8. The third kappa shape index (κ3) is 4.60. The lowest BCUT2D eigenvalue weighted by Crippen LogP contribution is -1.97. The minimum atomic E-state index is 0.579. The monoisotopic (exact) mass is 778 g/mol. The maximum atomic E-state index is 6.98. The molecule has 0 aliphatic heterocycles. The van der Waals surface area contributed by atoms with Crippen molar-refractivity contribution in [2.75, 3.05) is 0 Å². The van der Waals surface area contributed by atoms with E-state index in [-0.39, 0.29) is 0 Å². The first-order valence-electron chi connectivity index (χ1n) is 20.6. The zero-order valence-electron chi connectivity index (χ0n) is 32.4. The molecule has 14 aromatic rings. The van der Waals surface area contributed by atoms with Crippen LogP contribution in [0.2, 0.25) is 0 Å². The molecule has 0 unspecified atom stereocenters. The molecule has 282 valence electrons. The Morgan fingerprint density at radius 1 is 0.279 bits per heavy atom. The molecule has 0 N–H and O–H groups in total. The first kappa shape index (κ1) is 32.7. The molecule has 5 nitrogen and oxygen atoms in total. The van der Waals surface area contributed by atoms with E-state index in [1.165, 1.54) is 0 Å². The van der Waals surface area contributed by atoms with Crippen molar-refractivity contribution >= 4 is 109 Å². The number of rotatable bonds is 3. The molecule has 61 heavy (non-hydrogen) atoms. The first-order valence-corrected chi connectivity index (χ1v) is 20.6. The van der Waals surface area contributed by atoms with E-state index in [1.807, 2.05) is 30.3 Å². The van der Waals surface area contributed by atoms with Crippen LogP contribution in [-0.2, 0) is 0 Å². The third-order valence-corrected chi connectivity index (χ3v) is 12.6. The molecule has 0 saturated carbocycles. The van der Waals surface area contributed by atoms with Crippen molar-refractivity contribution < 1.29 is 13.3 Å². The van der Waals surface area contributed by atoms with Gasteiger partial charge in [0.1, 0.15) is 33.5 Å². The average Bonchev–Trinajstić information content (AvgIpc) is 4.03. The summed E-state index contributed by atoms with van der Waals surface area (Å²) in [5.41, 5.74) is 8.97. The molecule has 0 spiro atoms. The van der Waals surface area contributed by atoms with Gasteiger partial charge in [-0.15, -0.1) is 0 Å². The Labute approximate surface area is 346 Å². The fraction of sp³-hybridized carbons (Fsp3) is 0. The van der Waals surface area contributed by atoms with Crippen LogP contribution < -0.4 is 0 Å². The van der Waals surface area contributed by atoms with Gasteiger partial charge in [0.05, 0.1) is 11.4 Å². The number of aromatic nitrogens is 2. The molecule has 14 rings (SSSR count). The van der Waals surface area contributed by atoms with Crippen LogP contribution in [0.5, 0.6) is 0 Å². The van der Waals surface area contributed by atoms with Gasteiger partial charge in [-0.3, -0.25) is 0 Å². The third-order valence-electron chi connectivity index (χ3n) is 12.6. The minimum absolute atomic E-state index is 0.579. The lowest BCUT2D eigenvalue weighted by molar-refractivity contribution is 0.668. The largest absolute Gasteiger partial charge is 0.456 e. The smallest absolute Gasteiger partial charge is 0.161 e. The van der Waals surface area contributed by atoms with Crippen LogP contribution in [0.1, 0.15) is 0 Å². The summed E-state index contributed by atoms with van der Waals surface area (Å²) >= 11 is 0. The van der Waals surface area contributed by atoms with Gasteiger partial charge in [0.25, 0.3) is 0 Å². The Hall–Kier alpha value is -8.28. The first-order chi connectivity index (χ1) is 30.2. The maximum absolute atomic E-state index is 6.98. The lowest BCUT2D eigenvalue weighted by Gasteiger charge is -2.13. The number of hydrogen-bond acceptors (Lipinski definition) is 5.